The minimum atomic E-state index is 0.520. The number of rotatable bonds is 5. The molecule has 1 aliphatic rings. The van der Waals surface area contributed by atoms with Gasteiger partial charge in [0.25, 0.3) is 0 Å². The Morgan fingerprint density at radius 3 is 2.88 bits per heavy atom. The summed E-state index contributed by atoms with van der Waals surface area (Å²) >= 11 is 1.50. The predicted octanol–water partition coefficient (Wildman–Crippen LogP) is 3.22. The minimum Gasteiger partial charge on any atom is -0.354 e. The molecule has 0 spiro atoms. The molecule has 0 atom stereocenters. The van der Waals surface area contributed by atoms with E-state index in [-0.39, 0.29) is 0 Å². The topological polar surface area (TPSA) is 86.5 Å². The van der Waals surface area contributed by atoms with Gasteiger partial charge in [-0.1, -0.05) is 17.8 Å². The number of hydrogen-bond donors (Lipinski definition) is 2. The largest absolute Gasteiger partial charge is 0.354 e. The molecule has 0 aromatic carbocycles. The van der Waals surface area contributed by atoms with E-state index in [0.29, 0.717) is 23.8 Å². The smallest absolute Gasteiger partial charge is 0.223 e. The Hall–Kier alpha value is -2.85. The summed E-state index contributed by atoms with van der Waals surface area (Å²) in [6, 6.07) is 9.93. The van der Waals surface area contributed by atoms with Crippen LogP contribution < -0.4 is 10.6 Å². The van der Waals surface area contributed by atoms with E-state index in [1.165, 1.54) is 11.8 Å². The number of nitriles is 1. The maximum absolute atomic E-state index is 9.56. The van der Waals surface area contributed by atoms with Crippen LogP contribution in [0.1, 0.15) is 24.0 Å². The Morgan fingerprint density at radius 2 is 2.20 bits per heavy atom. The first-order valence-corrected chi connectivity index (χ1v) is 8.78. The first kappa shape index (κ1) is 17.0. The van der Waals surface area contributed by atoms with Crippen molar-refractivity contribution in [1.82, 2.24) is 20.3 Å². The Kier molecular flexibility index (Phi) is 5.31. The third kappa shape index (κ3) is 4.37. The van der Waals surface area contributed by atoms with Crippen LogP contribution in [0.25, 0.3) is 5.57 Å². The fourth-order valence-electron chi connectivity index (χ4n) is 2.36. The first-order valence-electron chi connectivity index (χ1n) is 7.90. The van der Waals surface area contributed by atoms with E-state index in [2.05, 4.69) is 31.7 Å². The second-order valence-corrected chi connectivity index (χ2v) is 6.46. The number of aryl methyl sites for hydroxylation is 1. The van der Waals surface area contributed by atoms with Crippen molar-refractivity contribution in [2.75, 3.05) is 11.9 Å². The number of aromatic nitrogens is 3. The Bertz CT molecular complexity index is 867. The average Bonchev–Trinajstić information content (AvgIpc) is 3.02. The number of thioether (sulfide) groups is 1. The standard InChI is InChI=1S/C18H18N6S/c1-12-9-16(15(10-19)17-22-13(2)11-25-17)24-18(23-12)21-8-6-14-5-3-4-7-20-14/h3-5,7,9,11,22H,6,8H2,1-2H3,(H,21,23,24)/b17-15-. The molecular weight excluding hydrogens is 332 g/mol. The fraction of sp³-hybridized carbons (Fsp3) is 0.222. The van der Waals surface area contributed by atoms with Gasteiger partial charge >= 0.3 is 0 Å². The molecule has 2 aromatic rings. The van der Waals surface area contributed by atoms with Crippen LogP contribution in [-0.4, -0.2) is 21.5 Å². The molecule has 2 aromatic heterocycles. The second-order valence-electron chi connectivity index (χ2n) is 5.58. The van der Waals surface area contributed by atoms with Crippen molar-refractivity contribution in [2.24, 2.45) is 0 Å². The number of allylic oxidation sites excluding steroid dienone is 2. The first-order chi connectivity index (χ1) is 12.2. The molecule has 2 N–H and O–H groups in total. The minimum absolute atomic E-state index is 0.520. The fourth-order valence-corrected chi connectivity index (χ4v) is 3.20. The van der Waals surface area contributed by atoms with Gasteiger partial charge in [0.15, 0.2) is 0 Å². The Balaban J connectivity index is 1.75. The van der Waals surface area contributed by atoms with Gasteiger partial charge in [0.05, 0.1) is 10.7 Å². The van der Waals surface area contributed by atoms with E-state index in [1.807, 2.05) is 43.5 Å². The van der Waals surface area contributed by atoms with Crippen molar-refractivity contribution in [3.05, 3.63) is 63.7 Å². The molecule has 0 unspecified atom stereocenters. The summed E-state index contributed by atoms with van der Waals surface area (Å²) in [5.74, 6) is 0.520. The van der Waals surface area contributed by atoms with Gasteiger partial charge in [0, 0.05) is 36.2 Å². The van der Waals surface area contributed by atoms with Crippen LogP contribution in [0.15, 0.2) is 46.6 Å². The highest BCUT2D eigenvalue weighted by atomic mass is 32.2. The van der Waals surface area contributed by atoms with Crippen LogP contribution in [0.3, 0.4) is 0 Å². The van der Waals surface area contributed by atoms with Gasteiger partial charge in [-0.25, -0.2) is 9.97 Å². The molecule has 1 aliphatic heterocycles. The predicted molar refractivity (Wildman–Crippen MR) is 100 cm³/mol. The molecule has 3 rings (SSSR count). The summed E-state index contributed by atoms with van der Waals surface area (Å²) in [7, 11) is 0. The zero-order valence-corrected chi connectivity index (χ0v) is 14.9. The summed E-state index contributed by atoms with van der Waals surface area (Å²) < 4.78 is 0. The van der Waals surface area contributed by atoms with Crippen molar-refractivity contribution < 1.29 is 0 Å². The van der Waals surface area contributed by atoms with Crippen LogP contribution in [-0.2, 0) is 6.42 Å². The highest BCUT2D eigenvalue weighted by Gasteiger charge is 2.16. The average molecular weight is 350 g/mol. The number of hydrogen-bond acceptors (Lipinski definition) is 7. The molecule has 0 saturated carbocycles. The third-order valence-corrected chi connectivity index (χ3v) is 4.52. The number of nitrogens with zero attached hydrogens (tertiary/aromatic N) is 4. The van der Waals surface area contributed by atoms with E-state index in [0.717, 1.165) is 28.5 Å². The van der Waals surface area contributed by atoms with Crippen LogP contribution in [0.2, 0.25) is 0 Å². The zero-order chi connectivity index (χ0) is 17.6. The highest BCUT2D eigenvalue weighted by molar-refractivity contribution is 8.06. The lowest BCUT2D eigenvalue weighted by atomic mass is 10.2. The van der Waals surface area contributed by atoms with E-state index >= 15 is 0 Å². The number of pyridine rings is 1. The van der Waals surface area contributed by atoms with Crippen molar-refractivity contribution in [3.63, 3.8) is 0 Å². The van der Waals surface area contributed by atoms with Crippen LogP contribution in [0, 0.1) is 18.3 Å². The van der Waals surface area contributed by atoms with Crippen molar-refractivity contribution in [2.45, 2.75) is 20.3 Å². The molecule has 126 valence electrons. The van der Waals surface area contributed by atoms with E-state index in [9.17, 15) is 5.26 Å². The maximum atomic E-state index is 9.56. The quantitative estimate of drug-likeness (QED) is 0.801. The van der Waals surface area contributed by atoms with Gasteiger partial charge in [-0.15, -0.1) is 0 Å². The zero-order valence-electron chi connectivity index (χ0n) is 14.1. The van der Waals surface area contributed by atoms with Gasteiger partial charge in [-0.3, -0.25) is 4.98 Å². The van der Waals surface area contributed by atoms with Gasteiger partial charge < -0.3 is 10.6 Å². The molecule has 0 fully saturated rings. The molecular formula is C18H18N6S. The summed E-state index contributed by atoms with van der Waals surface area (Å²) in [5, 5.41) is 18.8. The molecule has 0 aliphatic carbocycles. The van der Waals surface area contributed by atoms with E-state index in [1.54, 1.807) is 6.20 Å². The lowest BCUT2D eigenvalue weighted by molar-refractivity contribution is 0.934. The molecule has 25 heavy (non-hydrogen) atoms. The SMILES string of the molecule is CC1=CS/C(=C(/C#N)c2cc(C)nc(NCCc3ccccn3)n2)N1. The lowest BCUT2D eigenvalue weighted by Gasteiger charge is -2.09. The number of nitrogens with one attached hydrogen (secondary N) is 2. The molecule has 7 heteroatoms. The normalized spacial score (nSPS) is 15.2. The molecule has 3 heterocycles. The van der Waals surface area contributed by atoms with Crippen molar-refractivity contribution in [3.8, 4) is 6.07 Å². The van der Waals surface area contributed by atoms with Crippen LogP contribution in [0.4, 0.5) is 5.95 Å². The summed E-state index contributed by atoms with van der Waals surface area (Å²) in [6.07, 6.45) is 2.56. The molecule has 0 saturated heterocycles. The molecule has 0 bridgehead atoms. The number of anilines is 1. The summed E-state index contributed by atoms with van der Waals surface area (Å²) in [4.78, 5) is 13.2. The van der Waals surface area contributed by atoms with Crippen molar-refractivity contribution >= 4 is 23.3 Å². The third-order valence-electron chi connectivity index (χ3n) is 3.50. The molecule has 0 amide bonds. The molecule has 6 nitrogen and oxygen atoms in total. The molecule has 0 radical (unpaired) electrons. The van der Waals surface area contributed by atoms with Gasteiger partial charge in [0.2, 0.25) is 5.95 Å². The van der Waals surface area contributed by atoms with E-state index in [4.69, 9.17) is 0 Å². The highest BCUT2D eigenvalue weighted by Crippen LogP contribution is 2.31. The van der Waals surface area contributed by atoms with Crippen LogP contribution >= 0.6 is 11.8 Å². The van der Waals surface area contributed by atoms with Gasteiger partial charge in [-0.2, -0.15) is 5.26 Å². The van der Waals surface area contributed by atoms with E-state index < -0.39 is 0 Å². The second kappa shape index (κ2) is 7.81. The van der Waals surface area contributed by atoms with Gasteiger partial charge in [-0.05, 0) is 37.5 Å². The maximum Gasteiger partial charge on any atom is 0.223 e. The Labute approximate surface area is 151 Å². The summed E-state index contributed by atoms with van der Waals surface area (Å²) in [6.45, 7) is 4.53. The van der Waals surface area contributed by atoms with Crippen LogP contribution in [0.5, 0.6) is 0 Å². The van der Waals surface area contributed by atoms with Gasteiger partial charge in [0.1, 0.15) is 11.6 Å². The summed E-state index contributed by atoms with van der Waals surface area (Å²) in [5.41, 5.74) is 3.99. The van der Waals surface area contributed by atoms with Crippen molar-refractivity contribution in [1.29, 1.82) is 5.26 Å². The monoisotopic (exact) mass is 350 g/mol. The Morgan fingerprint density at radius 1 is 1.32 bits per heavy atom. The lowest BCUT2D eigenvalue weighted by Crippen LogP contribution is -2.11.